The molecule has 1 aliphatic heterocycles. The Kier molecular flexibility index (Phi) is 6.18. The number of halogens is 5. The molecule has 1 saturated carbocycles. The Morgan fingerprint density at radius 3 is 2.32 bits per heavy atom. The van der Waals surface area contributed by atoms with E-state index in [1.54, 1.807) is 13.3 Å². The van der Waals surface area contributed by atoms with Crippen molar-refractivity contribution in [3.8, 4) is 0 Å². The highest BCUT2D eigenvalue weighted by Crippen LogP contribution is 3.02. The molecule has 7 nitrogen and oxygen atoms in total. The van der Waals surface area contributed by atoms with Gasteiger partial charge in [-0.25, -0.2) is 9.97 Å². The highest BCUT2D eigenvalue weighted by atomic mass is 32.5. The number of methoxy groups -OCH3 is 1. The lowest BCUT2D eigenvalue weighted by Crippen LogP contribution is -2.38. The zero-order chi connectivity index (χ0) is 27.4. The number of amides is 1. The highest BCUT2D eigenvalue weighted by Gasteiger charge is 2.65. The van der Waals surface area contributed by atoms with Gasteiger partial charge in [0.2, 0.25) is 0 Å². The van der Waals surface area contributed by atoms with Crippen LogP contribution >= 0.6 is 10.2 Å². The van der Waals surface area contributed by atoms with E-state index < -0.39 is 26.7 Å². The number of H-pyrrole nitrogens is 1. The molecule has 13 heteroatoms. The van der Waals surface area contributed by atoms with Crippen molar-refractivity contribution < 1.29 is 29.0 Å². The van der Waals surface area contributed by atoms with E-state index in [1.165, 1.54) is 4.90 Å². The van der Waals surface area contributed by atoms with Gasteiger partial charge < -0.3 is 20.4 Å². The van der Waals surface area contributed by atoms with Crippen LogP contribution in [-0.4, -0.2) is 52.1 Å². The van der Waals surface area contributed by atoms with Crippen LogP contribution in [0.25, 0.3) is 11.2 Å². The maximum Gasteiger partial charge on any atom is 0.310 e. The molecule has 5 rings (SSSR count). The molecular formula is C25H30F5N5O2S. The molecule has 2 aliphatic rings. The fraction of sp³-hybridized carbons (Fsp3) is 0.480. The number of rotatable bonds is 5. The molecule has 1 aromatic carbocycles. The van der Waals surface area contributed by atoms with Crippen molar-refractivity contribution in [2.45, 2.75) is 61.4 Å². The average Bonchev–Trinajstić information content (AvgIpc) is 3.32. The van der Waals surface area contributed by atoms with Crippen LogP contribution in [-0.2, 0) is 4.74 Å². The van der Waals surface area contributed by atoms with Crippen molar-refractivity contribution in [1.82, 2.24) is 19.9 Å². The number of imidazole rings is 1. The average molecular weight is 560 g/mol. The van der Waals surface area contributed by atoms with Crippen LogP contribution in [0.1, 0.15) is 72.1 Å². The topological polar surface area (TPSA) is 97.1 Å². The minimum atomic E-state index is -9.88. The first-order valence-corrected chi connectivity index (χ1v) is 14.5. The maximum atomic E-state index is 13.1. The van der Waals surface area contributed by atoms with Gasteiger partial charge in [-0.15, -0.1) is 0 Å². The van der Waals surface area contributed by atoms with Gasteiger partial charge in [-0.2, -0.15) is 0 Å². The maximum absolute atomic E-state index is 13.1. The Bertz CT molecular complexity index is 1370. The Morgan fingerprint density at radius 2 is 1.71 bits per heavy atom. The summed E-state index contributed by atoms with van der Waals surface area (Å²) < 4.78 is 71.0. The summed E-state index contributed by atoms with van der Waals surface area (Å²) >= 11 is 0. The number of ether oxygens (including phenoxy) is 1. The quantitative estimate of drug-likeness (QED) is 0.262. The number of nitrogens with zero attached hydrogens (tertiary/aromatic N) is 3. The summed E-state index contributed by atoms with van der Waals surface area (Å²) in [5.74, 6) is 0.771. The van der Waals surface area contributed by atoms with Crippen LogP contribution in [0, 0.1) is 0 Å². The normalized spacial score (nSPS) is 23.3. The summed E-state index contributed by atoms with van der Waals surface area (Å²) in [7, 11) is -8.15. The highest BCUT2D eigenvalue weighted by molar-refractivity contribution is 8.45. The number of aromatic amines is 1. The predicted molar refractivity (Wildman–Crippen MR) is 136 cm³/mol. The van der Waals surface area contributed by atoms with Gasteiger partial charge in [-0.1, -0.05) is 19.4 Å². The first-order valence-electron chi connectivity index (χ1n) is 12.5. The van der Waals surface area contributed by atoms with Crippen LogP contribution < -0.4 is 5.73 Å². The van der Waals surface area contributed by atoms with E-state index in [-0.39, 0.29) is 29.7 Å². The monoisotopic (exact) mass is 559 g/mol. The molecule has 3 aromatic rings. The molecule has 1 saturated heterocycles. The van der Waals surface area contributed by atoms with E-state index in [2.05, 4.69) is 9.97 Å². The number of fused-ring (bicyclic) bond motifs is 1. The Balaban J connectivity index is 1.29. The van der Waals surface area contributed by atoms with Gasteiger partial charge in [0.1, 0.15) is 16.2 Å². The Morgan fingerprint density at radius 1 is 1.03 bits per heavy atom. The number of nitrogens with two attached hydrogens (primary N) is 1. The molecule has 2 aromatic heterocycles. The minimum Gasteiger partial charge on any atom is -0.398 e. The molecule has 0 atom stereocenters. The smallest absolute Gasteiger partial charge is 0.310 e. The number of benzene rings is 1. The third-order valence-electron chi connectivity index (χ3n) is 7.75. The second-order valence-electron chi connectivity index (χ2n) is 10.2. The first kappa shape index (κ1) is 26.7. The van der Waals surface area contributed by atoms with E-state index in [9.17, 15) is 24.2 Å². The van der Waals surface area contributed by atoms with E-state index in [4.69, 9.17) is 15.5 Å². The number of carbonyl (C=O) groups excluding carboxylic acids is 1. The molecule has 208 valence electrons. The number of anilines is 1. The third kappa shape index (κ3) is 5.31. The SMILES string of the molecule is CO[C@H]1CC[C@@H](c2nc3c(C4CCN(C(=O)c5ccc(S(F)(F)(F)(F)F)cc5N)CC4)ccnc3[nH]2)CC1. The number of aromatic nitrogens is 3. The number of nitrogen functional groups attached to an aromatic ring is 1. The van der Waals surface area contributed by atoms with Crippen LogP contribution in [0.2, 0.25) is 0 Å². The summed E-state index contributed by atoms with van der Waals surface area (Å²) in [6.45, 7) is 0.683. The van der Waals surface area contributed by atoms with Gasteiger partial charge in [0.15, 0.2) is 5.65 Å². The standard InChI is InChI=1S/C25H30F5N5O2S/c1-37-17-4-2-16(3-5-17)23-33-22-19(8-11-32-24(22)34-23)15-9-12-35(13-10-15)25(36)20-7-6-18(14-21(20)31)38(26,27,28,29)30/h6-8,11,14-17H,2-5,9-10,12-13,31H2,1H3,(H,32,33,34)/t16-,17+. The van der Waals surface area contributed by atoms with E-state index >= 15 is 0 Å². The molecule has 0 spiro atoms. The molecule has 3 heterocycles. The van der Waals surface area contributed by atoms with Gasteiger partial charge in [0.25, 0.3) is 5.91 Å². The molecule has 2 fully saturated rings. The van der Waals surface area contributed by atoms with Crippen molar-refractivity contribution >= 4 is 33.0 Å². The van der Waals surface area contributed by atoms with Crippen LogP contribution in [0.15, 0.2) is 35.4 Å². The number of hydrogen-bond donors (Lipinski definition) is 2. The summed E-state index contributed by atoms with van der Waals surface area (Å²) in [5, 5.41) is 0. The number of piperidine rings is 1. The van der Waals surface area contributed by atoms with Crippen LogP contribution in [0.5, 0.6) is 0 Å². The fourth-order valence-corrected chi connectivity index (χ4v) is 6.26. The molecular weight excluding hydrogens is 529 g/mol. The van der Waals surface area contributed by atoms with Crippen LogP contribution in [0.3, 0.4) is 0 Å². The number of nitrogens with one attached hydrogen (secondary N) is 1. The molecule has 0 bridgehead atoms. The molecule has 1 amide bonds. The largest absolute Gasteiger partial charge is 0.398 e. The molecule has 1 aliphatic carbocycles. The van der Waals surface area contributed by atoms with Gasteiger partial charge in [0, 0.05) is 38.0 Å². The van der Waals surface area contributed by atoms with Gasteiger partial charge in [0.05, 0.1) is 11.7 Å². The Labute approximate surface area is 216 Å². The van der Waals surface area contributed by atoms with Gasteiger partial charge in [-0.3, -0.25) is 4.79 Å². The van der Waals surface area contributed by atoms with Crippen molar-refractivity contribution in [3.05, 3.63) is 47.4 Å². The van der Waals surface area contributed by atoms with Crippen molar-refractivity contribution in [2.75, 3.05) is 25.9 Å². The first-order chi connectivity index (χ1) is 17.7. The summed E-state index contributed by atoms with van der Waals surface area (Å²) in [6.07, 6.45) is 7.18. The predicted octanol–water partition coefficient (Wildman–Crippen LogP) is 6.89. The summed E-state index contributed by atoms with van der Waals surface area (Å²) in [5.41, 5.74) is 7.35. The Hall–Kier alpha value is -2.93. The lowest BCUT2D eigenvalue weighted by molar-refractivity contribution is 0.0652. The second-order valence-corrected chi connectivity index (χ2v) is 12.6. The van der Waals surface area contributed by atoms with Gasteiger partial charge in [-0.05, 0) is 74.3 Å². The van der Waals surface area contributed by atoms with Gasteiger partial charge >= 0.3 is 10.2 Å². The zero-order valence-corrected chi connectivity index (χ0v) is 21.6. The number of pyridine rings is 1. The lowest BCUT2D eigenvalue weighted by Gasteiger charge is -2.40. The third-order valence-corrected chi connectivity index (χ3v) is 8.89. The lowest BCUT2D eigenvalue weighted by atomic mass is 9.87. The number of hydrogen-bond acceptors (Lipinski definition) is 5. The summed E-state index contributed by atoms with van der Waals surface area (Å²) in [6, 6.07) is 3.04. The molecule has 0 radical (unpaired) electrons. The molecule has 38 heavy (non-hydrogen) atoms. The fourth-order valence-electron chi connectivity index (χ4n) is 5.58. The molecule has 3 N–H and O–H groups in total. The summed E-state index contributed by atoms with van der Waals surface area (Å²) in [4.78, 5) is 25.1. The second kappa shape index (κ2) is 8.80. The van der Waals surface area contributed by atoms with Crippen LogP contribution in [0.4, 0.5) is 25.1 Å². The van der Waals surface area contributed by atoms with Crippen molar-refractivity contribution in [3.63, 3.8) is 0 Å². The number of likely N-dealkylation sites (tertiary alicyclic amines) is 1. The van der Waals surface area contributed by atoms with Crippen molar-refractivity contribution in [2.24, 2.45) is 0 Å². The number of carbonyl (C=O) groups is 1. The van der Waals surface area contributed by atoms with E-state index in [0.29, 0.717) is 31.8 Å². The molecule has 0 unspecified atom stereocenters. The van der Waals surface area contributed by atoms with Crippen molar-refractivity contribution in [1.29, 1.82) is 0 Å². The van der Waals surface area contributed by atoms with E-state index in [0.717, 1.165) is 54.3 Å². The zero-order valence-electron chi connectivity index (χ0n) is 20.8. The van der Waals surface area contributed by atoms with E-state index in [1.807, 2.05) is 6.07 Å². The minimum absolute atomic E-state index is 0.109.